The molecule has 3 N–H and O–H groups in total. The van der Waals surface area contributed by atoms with Crippen LogP contribution in [0, 0.1) is 0 Å². The van der Waals surface area contributed by atoms with Gasteiger partial charge < -0.3 is 15.6 Å². The van der Waals surface area contributed by atoms with E-state index in [1.807, 2.05) is 24.3 Å². The monoisotopic (exact) mass is 274 g/mol. The zero-order valence-corrected chi connectivity index (χ0v) is 12.0. The fourth-order valence-corrected chi connectivity index (χ4v) is 1.91. The van der Waals surface area contributed by atoms with E-state index >= 15 is 0 Å². The molecule has 0 saturated heterocycles. The van der Waals surface area contributed by atoms with Crippen molar-refractivity contribution in [3.63, 3.8) is 0 Å². The normalized spacial score (nSPS) is 10.2. The zero-order valence-electron chi connectivity index (χ0n) is 11.2. The zero-order chi connectivity index (χ0) is 13.7. The summed E-state index contributed by atoms with van der Waals surface area (Å²) in [6.45, 7) is 4.99. The molecule has 0 spiro atoms. The van der Waals surface area contributed by atoms with Crippen molar-refractivity contribution in [1.29, 1.82) is 0 Å². The van der Waals surface area contributed by atoms with E-state index < -0.39 is 0 Å². The molecular formula is C14H18N4S. The molecule has 0 bridgehead atoms. The predicted octanol–water partition coefficient (Wildman–Crippen LogP) is 3.21. The van der Waals surface area contributed by atoms with Crippen LogP contribution in [-0.2, 0) is 0 Å². The van der Waals surface area contributed by atoms with Crippen molar-refractivity contribution >= 4 is 34.3 Å². The summed E-state index contributed by atoms with van der Waals surface area (Å²) < 4.78 is 0. The van der Waals surface area contributed by atoms with E-state index in [4.69, 9.17) is 12.2 Å². The number of nitrogens with one attached hydrogen (secondary N) is 3. The quantitative estimate of drug-likeness (QED) is 0.455. The van der Waals surface area contributed by atoms with Crippen LogP contribution >= 0.6 is 12.2 Å². The number of benzene rings is 1. The Bertz CT molecular complexity index is 563. The Morgan fingerprint density at radius 1 is 1.37 bits per heavy atom. The first kappa shape index (κ1) is 13.5. The molecule has 0 aliphatic heterocycles. The van der Waals surface area contributed by atoms with Crippen LogP contribution in [-0.4, -0.2) is 21.6 Å². The molecule has 1 aromatic heterocycles. The third-order valence-corrected chi connectivity index (χ3v) is 2.85. The molecule has 0 amide bonds. The lowest BCUT2D eigenvalue weighted by Crippen LogP contribution is -2.29. The Labute approximate surface area is 118 Å². The second-order valence-corrected chi connectivity index (χ2v) is 4.96. The van der Waals surface area contributed by atoms with Gasteiger partial charge in [0.15, 0.2) is 5.11 Å². The fraction of sp³-hybridized carbons (Fsp3) is 0.286. The molecule has 5 heteroatoms. The van der Waals surface area contributed by atoms with Crippen LogP contribution in [0.1, 0.15) is 20.3 Å². The van der Waals surface area contributed by atoms with Crippen LogP contribution in [0.5, 0.6) is 0 Å². The number of H-pyrrole nitrogens is 1. The number of para-hydroxylation sites is 2. The second-order valence-electron chi connectivity index (χ2n) is 4.55. The molecular weight excluding hydrogens is 256 g/mol. The summed E-state index contributed by atoms with van der Waals surface area (Å²) in [4.78, 5) is 7.58. The Morgan fingerprint density at radius 2 is 2.16 bits per heavy atom. The highest BCUT2D eigenvalue weighted by atomic mass is 32.1. The summed E-state index contributed by atoms with van der Waals surface area (Å²) in [5, 5.41) is 6.78. The summed E-state index contributed by atoms with van der Waals surface area (Å²) in [6.07, 6.45) is 3.14. The number of fused-ring (bicyclic) bond motifs is 1. The van der Waals surface area contributed by atoms with E-state index in [9.17, 15) is 0 Å². The lowest BCUT2D eigenvalue weighted by atomic mass is 10.3. The molecule has 4 nitrogen and oxygen atoms in total. The van der Waals surface area contributed by atoms with Crippen molar-refractivity contribution in [2.45, 2.75) is 20.3 Å². The van der Waals surface area contributed by atoms with Gasteiger partial charge in [-0.3, -0.25) is 0 Å². The van der Waals surface area contributed by atoms with Crippen LogP contribution in [0.25, 0.3) is 11.0 Å². The highest BCUT2D eigenvalue weighted by Gasteiger charge is 2.02. The van der Waals surface area contributed by atoms with Gasteiger partial charge in [-0.2, -0.15) is 0 Å². The van der Waals surface area contributed by atoms with Crippen molar-refractivity contribution in [3.05, 3.63) is 35.9 Å². The first-order valence-corrected chi connectivity index (χ1v) is 6.69. The third-order valence-electron chi connectivity index (χ3n) is 2.60. The first-order chi connectivity index (χ1) is 9.15. The lowest BCUT2D eigenvalue weighted by Gasteiger charge is -2.06. The standard InChI is InChI=1S/C14H18N4S/c1-10(2)6-5-9-15-14(19)18-13-16-11-7-3-4-8-12(11)17-13/h3-4,6-8H,5,9H2,1-2H3,(H3,15,16,17,18,19). The van der Waals surface area contributed by atoms with Gasteiger partial charge in [0, 0.05) is 6.54 Å². The van der Waals surface area contributed by atoms with Gasteiger partial charge in [-0.1, -0.05) is 23.8 Å². The minimum absolute atomic E-state index is 0.584. The highest BCUT2D eigenvalue weighted by Crippen LogP contribution is 2.12. The number of imidazole rings is 1. The fourth-order valence-electron chi connectivity index (χ4n) is 1.71. The lowest BCUT2D eigenvalue weighted by molar-refractivity contribution is 0.891. The smallest absolute Gasteiger partial charge is 0.207 e. The van der Waals surface area contributed by atoms with E-state index in [1.165, 1.54) is 5.57 Å². The first-order valence-electron chi connectivity index (χ1n) is 6.28. The number of nitrogens with zero attached hydrogens (tertiary/aromatic N) is 1. The molecule has 100 valence electrons. The predicted molar refractivity (Wildman–Crippen MR) is 84.4 cm³/mol. The van der Waals surface area contributed by atoms with Gasteiger partial charge in [0.1, 0.15) is 0 Å². The SMILES string of the molecule is CC(C)=CCCNC(=S)Nc1nc2ccccc2[nH]1. The number of thiocarbonyl (C=S) groups is 1. The van der Waals surface area contributed by atoms with Crippen LogP contribution < -0.4 is 10.6 Å². The summed E-state index contributed by atoms with van der Waals surface area (Å²) in [6, 6.07) is 7.88. The molecule has 0 radical (unpaired) electrons. The number of aromatic nitrogens is 2. The summed E-state index contributed by atoms with van der Waals surface area (Å²) in [5.41, 5.74) is 3.24. The van der Waals surface area contributed by atoms with Crippen molar-refractivity contribution < 1.29 is 0 Å². The molecule has 19 heavy (non-hydrogen) atoms. The molecule has 0 aliphatic rings. The highest BCUT2D eigenvalue weighted by molar-refractivity contribution is 7.80. The van der Waals surface area contributed by atoms with Gasteiger partial charge in [-0.15, -0.1) is 0 Å². The van der Waals surface area contributed by atoms with Crippen LogP contribution in [0.4, 0.5) is 5.95 Å². The minimum Gasteiger partial charge on any atom is -0.362 e. The largest absolute Gasteiger partial charge is 0.362 e. The summed E-state index contributed by atoms with van der Waals surface area (Å²) in [5.74, 6) is 0.668. The number of hydrogen-bond donors (Lipinski definition) is 3. The van der Waals surface area contributed by atoms with E-state index in [0.717, 1.165) is 24.0 Å². The van der Waals surface area contributed by atoms with E-state index in [0.29, 0.717) is 11.1 Å². The molecule has 0 atom stereocenters. The van der Waals surface area contributed by atoms with Crippen molar-refractivity contribution in [1.82, 2.24) is 15.3 Å². The van der Waals surface area contributed by atoms with Crippen molar-refractivity contribution in [2.24, 2.45) is 0 Å². The Morgan fingerprint density at radius 3 is 2.89 bits per heavy atom. The number of aromatic amines is 1. The number of anilines is 1. The van der Waals surface area contributed by atoms with Gasteiger partial charge in [0.25, 0.3) is 0 Å². The number of allylic oxidation sites excluding steroid dienone is 1. The molecule has 0 aliphatic carbocycles. The topological polar surface area (TPSA) is 52.7 Å². The number of rotatable bonds is 4. The van der Waals surface area contributed by atoms with Gasteiger partial charge >= 0.3 is 0 Å². The number of hydrogen-bond acceptors (Lipinski definition) is 2. The molecule has 1 aromatic carbocycles. The van der Waals surface area contributed by atoms with Crippen LogP contribution in [0.3, 0.4) is 0 Å². The molecule has 1 heterocycles. The minimum atomic E-state index is 0.584. The maximum atomic E-state index is 5.22. The summed E-state index contributed by atoms with van der Waals surface area (Å²) in [7, 11) is 0. The maximum absolute atomic E-state index is 5.22. The Balaban J connectivity index is 1.86. The third kappa shape index (κ3) is 4.06. The average Bonchev–Trinajstić information content (AvgIpc) is 2.76. The Hall–Kier alpha value is -1.88. The Kier molecular flexibility index (Phi) is 4.52. The molecule has 2 aromatic rings. The van der Waals surface area contributed by atoms with Crippen molar-refractivity contribution in [2.75, 3.05) is 11.9 Å². The van der Waals surface area contributed by atoms with Gasteiger partial charge in [0.05, 0.1) is 11.0 Å². The average molecular weight is 274 g/mol. The maximum Gasteiger partial charge on any atom is 0.207 e. The molecule has 0 saturated carbocycles. The van der Waals surface area contributed by atoms with Crippen LogP contribution in [0.2, 0.25) is 0 Å². The van der Waals surface area contributed by atoms with E-state index in [1.54, 1.807) is 0 Å². The van der Waals surface area contributed by atoms with Gasteiger partial charge in [-0.25, -0.2) is 4.98 Å². The second kappa shape index (κ2) is 6.33. The van der Waals surface area contributed by atoms with Gasteiger partial charge in [0.2, 0.25) is 5.95 Å². The molecule has 0 unspecified atom stereocenters. The summed E-state index contributed by atoms with van der Waals surface area (Å²) >= 11 is 5.22. The van der Waals surface area contributed by atoms with Crippen LogP contribution in [0.15, 0.2) is 35.9 Å². The molecule has 0 fully saturated rings. The van der Waals surface area contributed by atoms with E-state index in [2.05, 4.69) is 40.5 Å². The molecule has 2 rings (SSSR count). The van der Waals surface area contributed by atoms with Gasteiger partial charge in [-0.05, 0) is 44.6 Å². The van der Waals surface area contributed by atoms with Crippen molar-refractivity contribution in [3.8, 4) is 0 Å². The van der Waals surface area contributed by atoms with E-state index in [-0.39, 0.29) is 0 Å².